The minimum Gasteiger partial charge on any atom is -0.478 e. The molecule has 0 atom stereocenters. The minimum atomic E-state index is -0.944. The van der Waals surface area contributed by atoms with Gasteiger partial charge in [0.15, 0.2) is 0 Å². The molecule has 1 aromatic carbocycles. The number of halogens is 1. The van der Waals surface area contributed by atoms with E-state index in [0.717, 1.165) is 20.5 Å². The van der Waals surface area contributed by atoms with Gasteiger partial charge in [-0.15, -0.1) is 11.3 Å². The molecule has 1 aliphatic rings. The highest BCUT2D eigenvalue weighted by atomic mass is 79.9. The zero-order valence-electron chi connectivity index (χ0n) is 11.2. The monoisotopic (exact) mass is 365 g/mol. The average molecular weight is 366 g/mol. The van der Waals surface area contributed by atoms with Crippen molar-refractivity contribution in [1.82, 2.24) is 4.90 Å². The smallest absolute Gasteiger partial charge is 0.335 e. The Morgan fingerprint density at radius 3 is 2.57 bits per heavy atom. The number of hydrogen-bond donors (Lipinski definition) is 1. The number of carboxylic acid groups (broad SMARTS) is 1. The molecule has 0 bridgehead atoms. The average Bonchev–Trinajstić information content (AvgIpc) is 3.01. The van der Waals surface area contributed by atoms with Crippen molar-refractivity contribution < 1.29 is 14.7 Å². The lowest BCUT2D eigenvalue weighted by Crippen LogP contribution is -2.24. The Morgan fingerprint density at radius 1 is 1.24 bits per heavy atom. The SMILES string of the molecule is Cc1cc(C(=O)N2Cc3ccc(C(=O)O)cc3C2)sc1Br. The summed E-state index contributed by atoms with van der Waals surface area (Å²) in [6, 6.07) is 6.91. The van der Waals surface area contributed by atoms with E-state index in [2.05, 4.69) is 15.9 Å². The van der Waals surface area contributed by atoms with Crippen LogP contribution in [0.15, 0.2) is 28.1 Å². The van der Waals surface area contributed by atoms with Crippen molar-refractivity contribution in [1.29, 1.82) is 0 Å². The molecule has 0 unspecified atom stereocenters. The number of benzene rings is 1. The fourth-order valence-corrected chi connectivity index (χ4v) is 3.89. The van der Waals surface area contributed by atoms with Gasteiger partial charge in [-0.25, -0.2) is 4.79 Å². The van der Waals surface area contributed by atoms with Gasteiger partial charge in [0.1, 0.15) is 0 Å². The normalized spacial score (nSPS) is 13.3. The van der Waals surface area contributed by atoms with Gasteiger partial charge in [0.2, 0.25) is 0 Å². The van der Waals surface area contributed by atoms with Gasteiger partial charge in [-0.3, -0.25) is 4.79 Å². The van der Waals surface area contributed by atoms with Gasteiger partial charge in [0.25, 0.3) is 5.91 Å². The van der Waals surface area contributed by atoms with E-state index in [1.165, 1.54) is 11.3 Å². The number of fused-ring (bicyclic) bond motifs is 1. The summed E-state index contributed by atoms with van der Waals surface area (Å²) in [5, 5.41) is 9.02. The summed E-state index contributed by atoms with van der Waals surface area (Å²) in [7, 11) is 0. The Kier molecular flexibility index (Phi) is 3.59. The molecule has 0 fully saturated rings. The number of thiophene rings is 1. The molecule has 4 nitrogen and oxygen atoms in total. The molecule has 0 saturated carbocycles. The summed E-state index contributed by atoms with van der Waals surface area (Å²) < 4.78 is 0.968. The van der Waals surface area contributed by atoms with Crippen LogP contribution in [-0.2, 0) is 13.1 Å². The third-order valence-electron chi connectivity index (χ3n) is 3.53. The fraction of sp³-hybridized carbons (Fsp3) is 0.200. The van der Waals surface area contributed by atoms with Crippen LogP contribution in [0.4, 0.5) is 0 Å². The Morgan fingerprint density at radius 2 is 1.95 bits per heavy atom. The van der Waals surface area contributed by atoms with Crippen molar-refractivity contribution in [3.63, 3.8) is 0 Å². The predicted octanol–water partition coefficient (Wildman–Crippen LogP) is 3.67. The van der Waals surface area contributed by atoms with Crippen molar-refractivity contribution in [3.8, 4) is 0 Å². The van der Waals surface area contributed by atoms with Crippen molar-refractivity contribution in [2.24, 2.45) is 0 Å². The van der Waals surface area contributed by atoms with E-state index in [9.17, 15) is 9.59 Å². The third kappa shape index (κ3) is 2.61. The van der Waals surface area contributed by atoms with Crippen molar-refractivity contribution in [2.45, 2.75) is 20.0 Å². The van der Waals surface area contributed by atoms with E-state index in [-0.39, 0.29) is 11.5 Å². The number of carboxylic acids is 1. The van der Waals surface area contributed by atoms with Crippen molar-refractivity contribution in [2.75, 3.05) is 0 Å². The number of carbonyl (C=O) groups excluding carboxylic acids is 1. The van der Waals surface area contributed by atoms with Gasteiger partial charge in [-0.1, -0.05) is 6.07 Å². The molecule has 21 heavy (non-hydrogen) atoms. The summed E-state index contributed by atoms with van der Waals surface area (Å²) in [5.74, 6) is -0.956. The maximum Gasteiger partial charge on any atom is 0.335 e. The molecule has 1 aromatic heterocycles. The number of aromatic carboxylic acids is 1. The van der Waals surface area contributed by atoms with Gasteiger partial charge in [0, 0.05) is 13.1 Å². The highest BCUT2D eigenvalue weighted by Crippen LogP contribution is 2.31. The molecule has 0 spiro atoms. The number of carbonyl (C=O) groups is 2. The number of hydrogen-bond acceptors (Lipinski definition) is 3. The quantitative estimate of drug-likeness (QED) is 0.882. The zero-order valence-corrected chi connectivity index (χ0v) is 13.6. The number of nitrogens with zero attached hydrogens (tertiary/aromatic N) is 1. The van der Waals surface area contributed by atoms with Gasteiger partial charge in [-0.2, -0.15) is 0 Å². The lowest BCUT2D eigenvalue weighted by molar-refractivity contribution is 0.0696. The first-order valence-corrected chi connectivity index (χ1v) is 7.97. The molecule has 6 heteroatoms. The lowest BCUT2D eigenvalue weighted by atomic mass is 10.1. The molecule has 0 aliphatic carbocycles. The Bertz CT molecular complexity index is 734. The minimum absolute atomic E-state index is 0.0122. The first-order valence-electron chi connectivity index (χ1n) is 6.36. The van der Waals surface area contributed by atoms with Crippen LogP contribution in [0.1, 0.15) is 36.7 Å². The molecule has 1 aliphatic heterocycles. The molecule has 0 radical (unpaired) electrons. The zero-order chi connectivity index (χ0) is 15.1. The predicted molar refractivity (Wildman–Crippen MR) is 83.7 cm³/mol. The third-order valence-corrected chi connectivity index (χ3v) is 5.66. The summed E-state index contributed by atoms with van der Waals surface area (Å²) in [6.45, 7) is 2.95. The van der Waals surface area contributed by atoms with Gasteiger partial charge in [0.05, 0.1) is 14.2 Å². The van der Waals surface area contributed by atoms with Crippen molar-refractivity contribution >= 4 is 39.1 Å². The van der Waals surface area contributed by atoms with Crippen LogP contribution >= 0.6 is 27.3 Å². The molecule has 2 heterocycles. The number of aryl methyl sites for hydroxylation is 1. The molecule has 1 amide bonds. The van der Waals surface area contributed by atoms with E-state index in [4.69, 9.17) is 5.11 Å². The standard InChI is InChI=1S/C15H12BrNO3S/c1-8-4-12(21-13(8)16)14(18)17-6-10-3-2-9(15(19)20)5-11(10)7-17/h2-5H,6-7H2,1H3,(H,19,20). The molecular weight excluding hydrogens is 354 g/mol. The van der Waals surface area contributed by atoms with E-state index < -0.39 is 5.97 Å². The van der Waals surface area contributed by atoms with E-state index in [1.54, 1.807) is 23.1 Å². The maximum atomic E-state index is 12.5. The van der Waals surface area contributed by atoms with Crippen LogP contribution in [0.25, 0.3) is 0 Å². The second-order valence-electron chi connectivity index (χ2n) is 5.02. The maximum absolute atomic E-state index is 12.5. The van der Waals surface area contributed by atoms with E-state index in [0.29, 0.717) is 18.0 Å². The van der Waals surface area contributed by atoms with Gasteiger partial charge < -0.3 is 10.0 Å². The first kappa shape index (κ1) is 14.3. The molecule has 3 rings (SSSR count). The fourth-order valence-electron chi connectivity index (χ4n) is 2.39. The van der Waals surface area contributed by atoms with Crippen LogP contribution in [0.2, 0.25) is 0 Å². The van der Waals surface area contributed by atoms with E-state index in [1.807, 2.05) is 13.0 Å². The highest BCUT2D eigenvalue weighted by Gasteiger charge is 2.26. The Labute approximate surface area is 134 Å². The summed E-state index contributed by atoms with van der Waals surface area (Å²) in [5.41, 5.74) is 3.24. The Balaban J connectivity index is 1.84. The van der Waals surface area contributed by atoms with Gasteiger partial charge in [-0.05, 0) is 57.7 Å². The van der Waals surface area contributed by atoms with Crippen molar-refractivity contribution in [3.05, 3.63) is 55.2 Å². The van der Waals surface area contributed by atoms with Crippen LogP contribution in [0.5, 0.6) is 0 Å². The topological polar surface area (TPSA) is 57.6 Å². The second-order valence-corrected chi connectivity index (χ2v) is 7.39. The van der Waals surface area contributed by atoms with Crippen LogP contribution in [0.3, 0.4) is 0 Å². The molecule has 1 N–H and O–H groups in total. The largest absolute Gasteiger partial charge is 0.478 e. The van der Waals surface area contributed by atoms with Gasteiger partial charge >= 0.3 is 5.97 Å². The first-order chi connectivity index (χ1) is 9.95. The molecular formula is C15H12BrNO3S. The highest BCUT2D eigenvalue weighted by molar-refractivity contribution is 9.11. The van der Waals surface area contributed by atoms with E-state index >= 15 is 0 Å². The van der Waals surface area contributed by atoms with Crippen LogP contribution < -0.4 is 0 Å². The summed E-state index contributed by atoms with van der Waals surface area (Å²) in [6.07, 6.45) is 0. The lowest BCUT2D eigenvalue weighted by Gasteiger charge is -2.13. The number of rotatable bonds is 2. The van der Waals surface area contributed by atoms with Crippen LogP contribution in [0, 0.1) is 6.92 Å². The molecule has 0 saturated heterocycles. The van der Waals surface area contributed by atoms with Crippen LogP contribution in [-0.4, -0.2) is 21.9 Å². The second kappa shape index (κ2) is 5.27. The summed E-state index contributed by atoms with van der Waals surface area (Å²) >= 11 is 4.86. The summed E-state index contributed by atoms with van der Waals surface area (Å²) in [4.78, 5) is 25.9. The molecule has 108 valence electrons. The molecule has 2 aromatic rings. The Hall–Kier alpha value is -1.66. The number of amides is 1.